The van der Waals surface area contributed by atoms with Crippen LogP contribution in [0.5, 0.6) is 0 Å². The molecule has 0 radical (unpaired) electrons. The summed E-state index contributed by atoms with van der Waals surface area (Å²) in [5.41, 5.74) is 0.628. The Balaban J connectivity index is 2.46. The Morgan fingerprint density at radius 1 is 1.19 bits per heavy atom. The Hall–Kier alpha value is -1.59. The summed E-state index contributed by atoms with van der Waals surface area (Å²) in [6.07, 6.45) is -5.16. The first kappa shape index (κ1) is 17.5. The lowest BCUT2D eigenvalue weighted by Gasteiger charge is -2.09. The maximum atomic E-state index is 11.9. The molecule has 1 aromatic rings. The Morgan fingerprint density at radius 2 is 1.86 bits per heavy atom. The van der Waals surface area contributed by atoms with Crippen molar-refractivity contribution in [3.8, 4) is 6.07 Å². The van der Waals surface area contributed by atoms with Crippen LogP contribution in [-0.4, -0.2) is 21.1 Å². The zero-order chi connectivity index (χ0) is 15.9. The van der Waals surface area contributed by atoms with Crippen molar-refractivity contribution in [1.29, 1.82) is 5.26 Å². The number of alkyl halides is 3. The molecule has 0 fully saturated rings. The summed E-state index contributed by atoms with van der Waals surface area (Å²) in [7, 11) is -3.67. The Kier molecular flexibility index (Phi) is 6.18. The molecule has 0 spiro atoms. The summed E-state index contributed by atoms with van der Waals surface area (Å²) >= 11 is 0. The largest absolute Gasteiger partial charge is 0.389 e. The molecule has 0 aliphatic carbocycles. The fraction of sp³-hybridized carbons (Fsp3) is 0.462. The lowest BCUT2D eigenvalue weighted by molar-refractivity contribution is -0.135. The molecule has 1 rings (SSSR count). The number of unbranched alkanes of at least 4 members (excludes halogenated alkanes) is 1. The smallest absolute Gasteiger partial charge is 0.215 e. The van der Waals surface area contributed by atoms with E-state index in [-0.39, 0.29) is 30.7 Å². The van der Waals surface area contributed by atoms with Gasteiger partial charge in [-0.15, -0.1) is 0 Å². The first-order valence-electron chi connectivity index (χ1n) is 6.25. The number of sulfonamides is 1. The Morgan fingerprint density at radius 3 is 2.48 bits per heavy atom. The topological polar surface area (TPSA) is 70.0 Å². The number of nitriles is 1. The van der Waals surface area contributed by atoms with Gasteiger partial charge in [0.15, 0.2) is 0 Å². The zero-order valence-electron chi connectivity index (χ0n) is 11.2. The normalized spacial score (nSPS) is 12.1. The highest BCUT2D eigenvalue weighted by molar-refractivity contribution is 7.88. The fourth-order valence-corrected chi connectivity index (χ4v) is 2.91. The van der Waals surface area contributed by atoms with Gasteiger partial charge in [0, 0.05) is 13.0 Å². The van der Waals surface area contributed by atoms with Crippen LogP contribution in [0.25, 0.3) is 0 Å². The van der Waals surface area contributed by atoms with Crippen molar-refractivity contribution in [3.63, 3.8) is 0 Å². The van der Waals surface area contributed by atoms with Crippen LogP contribution in [-0.2, 0) is 15.8 Å². The third-order valence-electron chi connectivity index (χ3n) is 2.69. The number of rotatable bonds is 7. The number of hydrogen-bond donors (Lipinski definition) is 1. The van der Waals surface area contributed by atoms with E-state index in [4.69, 9.17) is 5.26 Å². The van der Waals surface area contributed by atoms with Crippen LogP contribution in [0.4, 0.5) is 13.2 Å². The SMILES string of the molecule is N#Cc1ccccc1CS(=O)(=O)NCCCCC(F)(F)F. The number of nitrogens with zero attached hydrogens (tertiary/aromatic N) is 1. The molecule has 8 heteroatoms. The Bertz CT molecular complexity index is 607. The molecule has 0 heterocycles. The monoisotopic (exact) mass is 320 g/mol. The van der Waals surface area contributed by atoms with Crippen LogP contribution in [0.2, 0.25) is 0 Å². The summed E-state index contributed by atoms with van der Waals surface area (Å²) in [5, 5.41) is 8.87. The minimum Gasteiger partial charge on any atom is -0.215 e. The number of halogens is 3. The van der Waals surface area contributed by atoms with Crippen molar-refractivity contribution in [2.24, 2.45) is 0 Å². The molecule has 0 unspecified atom stereocenters. The average Bonchev–Trinajstić information content (AvgIpc) is 2.37. The predicted molar refractivity (Wildman–Crippen MR) is 71.7 cm³/mol. The first-order valence-corrected chi connectivity index (χ1v) is 7.91. The molecule has 0 amide bonds. The number of hydrogen-bond acceptors (Lipinski definition) is 3. The number of nitrogens with one attached hydrogen (secondary N) is 1. The van der Waals surface area contributed by atoms with Crippen molar-refractivity contribution < 1.29 is 21.6 Å². The van der Waals surface area contributed by atoms with Gasteiger partial charge in [0.05, 0.1) is 17.4 Å². The molecule has 21 heavy (non-hydrogen) atoms. The zero-order valence-corrected chi connectivity index (χ0v) is 12.0. The van der Waals surface area contributed by atoms with E-state index in [0.29, 0.717) is 5.56 Å². The molecule has 0 saturated carbocycles. The van der Waals surface area contributed by atoms with E-state index in [1.807, 2.05) is 6.07 Å². The third-order valence-corrected chi connectivity index (χ3v) is 4.03. The van der Waals surface area contributed by atoms with Gasteiger partial charge in [0.1, 0.15) is 0 Å². The summed E-state index contributed by atoms with van der Waals surface area (Å²) in [5.74, 6) is -0.365. The minimum absolute atomic E-state index is 0.0485. The number of benzene rings is 1. The van der Waals surface area contributed by atoms with Crippen molar-refractivity contribution in [1.82, 2.24) is 4.72 Å². The second-order valence-electron chi connectivity index (χ2n) is 4.49. The summed E-state index contributed by atoms with van der Waals surface area (Å²) in [6.45, 7) is -0.0485. The quantitative estimate of drug-likeness (QED) is 0.785. The van der Waals surface area contributed by atoms with Gasteiger partial charge in [-0.25, -0.2) is 13.1 Å². The van der Waals surface area contributed by atoms with Crippen LogP contribution in [0, 0.1) is 11.3 Å². The third kappa shape index (κ3) is 7.11. The summed E-state index contributed by atoms with van der Waals surface area (Å²) in [4.78, 5) is 0. The fourth-order valence-electron chi connectivity index (χ4n) is 1.69. The van der Waals surface area contributed by atoms with E-state index < -0.39 is 22.6 Å². The molecule has 1 N–H and O–H groups in total. The second kappa shape index (κ2) is 7.43. The van der Waals surface area contributed by atoms with Crippen LogP contribution in [0.3, 0.4) is 0 Å². The van der Waals surface area contributed by atoms with Gasteiger partial charge in [-0.2, -0.15) is 18.4 Å². The van der Waals surface area contributed by atoms with Crippen LogP contribution in [0.1, 0.15) is 30.4 Å². The highest BCUT2D eigenvalue weighted by Crippen LogP contribution is 2.21. The molecule has 1 aromatic carbocycles. The highest BCUT2D eigenvalue weighted by atomic mass is 32.2. The van der Waals surface area contributed by atoms with Crippen LogP contribution < -0.4 is 4.72 Å². The van der Waals surface area contributed by atoms with E-state index in [1.165, 1.54) is 12.1 Å². The lowest BCUT2D eigenvalue weighted by atomic mass is 10.1. The predicted octanol–water partition coefficient (Wildman–Crippen LogP) is 2.71. The molecule has 116 valence electrons. The maximum absolute atomic E-state index is 11.9. The molecule has 0 bridgehead atoms. The summed E-state index contributed by atoms with van der Waals surface area (Å²) < 4.78 is 61.6. The van der Waals surface area contributed by atoms with Crippen LogP contribution >= 0.6 is 0 Å². The van der Waals surface area contributed by atoms with Crippen LogP contribution in [0.15, 0.2) is 24.3 Å². The van der Waals surface area contributed by atoms with Crippen molar-refractivity contribution >= 4 is 10.0 Å². The van der Waals surface area contributed by atoms with E-state index in [9.17, 15) is 21.6 Å². The van der Waals surface area contributed by atoms with Gasteiger partial charge < -0.3 is 0 Å². The van der Waals surface area contributed by atoms with E-state index in [0.717, 1.165) is 0 Å². The van der Waals surface area contributed by atoms with Gasteiger partial charge in [-0.3, -0.25) is 0 Å². The molecule has 0 aliphatic rings. The van der Waals surface area contributed by atoms with Gasteiger partial charge >= 0.3 is 6.18 Å². The molecule has 0 aromatic heterocycles. The minimum atomic E-state index is -4.22. The summed E-state index contributed by atoms with van der Waals surface area (Å²) in [6, 6.07) is 8.18. The van der Waals surface area contributed by atoms with E-state index in [2.05, 4.69) is 4.72 Å². The second-order valence-corrected chi connectivity index (χ2v) is 6.30. The molecular formula is C13H15F3N2O2S. The van der Waals surface area contributed by atoms with E-state index in [1.54, 1.807) is 12.1 Å². The standard InChI is InChI=1S/C13H15F3N2O2S/c14-13(15,16)7-3-4-8-18-21(19,20)10-12-6-2-1-5-11(12)9-17/h1-2,5-6,18H,3-4,7-8,10H2. The first-order chi connectivity index (χ1) is 9.73. The lowest BCUT2D eigenvalue weighted by Crippen LogP contribution is -2.26. The molecule has 0 saturated heterocycles. The van der Waals surface area contributed by atoms with Crippen molar-refractivity contribution in [3.05, 3.63) is 35.4 Å². The molecule has 4 nitrogen and oxygen atoms in total. The Labute approximate surface area is 121 Å². The van der Waals surface area contributed by atoms with Crippen molar-refractivity contribution in [2.45, 2.75) is 31.2 Å². The van der Waals surface area contributed by atoms with Gasteiger partial charge in [0.2, 0.25) is 10.0 Å². The molecule has 0 atom stereocenters. The average molecular weight is 320 g/mol. The van der Waals surface area contributed by atoms with Gasteiger partial charge in [0.25, 0.3) is 0 Å². The van der Waals surface area contributed by atoms with Crippen molar-refractivity contribution in [2.75, 3.05) is 6.54 Å². The van der Waals surface area contributed by atoms with Gasteiger partial charge in [-0.05, 0) is 24.5 Å². The molecular weight excluding hydrogens is 305 g/mol. The maximum Gasteiger partial charge on any atom is 0.389 e. The highest BCUT2D eigenvalue weighted by Gasteiger charge is 2.25. The van der Waals surface area contributed by atoms with E-state index >= 15 is 0 Å². The molecule has 0 aliphatic heterocycles. The van der Waals surface area contributed by atoms with Gasteiger partial charge in [-0.1, -0.05) is 18.2 Å².